The van der Waals surface area contributed by atoms with Gasteiger partial charge in [-0.15, -0.1) is 0 Å². The van der Waals surface area contributed by atoms with Gasteiger partial charge in [0.25, 0.3) is 5.91 Å². The molecule has 1 aliphatic rings. The minimum absolute atomic E-state index is 0.0108. The van der Waals surface area contributed by atoms with Gasteiger partial charge in [-0.1, -0.05) is 22.0 Å². The Labute approximate surface area is 147 Å². The van der Waals surface area contributed by atoms with Crippen molar-refractivity contribution in [3.8, 4) is 0 Å². The number of benzene rings is 2. The van der Waals surface area contributed by atoms with Crippen molar-refractivity contribution in [1.82, 2.24) is 5.32 Å². The Morgan fingerprint density at radius 1 is 1.25 bits per heavy atom. The second kappa shape index (κ2) is 7.13. The van der Waals surface area contributed by atoms with Gasteiger partial charge in [-0.25, -0.2) is 4.39 Å². The lowest BCUT2D eigenvalue weighted by Gasteiger charge is -2.17. The van der Waals surface area contributed by atoms with E-state index in [1.807, 2.05) is 6.07 Å². The third kappa shape index (κ3) is 3.82. The molecule has 24 heavy (non-hydrogen) atoms. The Kier molecular flexibility index (Phi) is 4.94. The van der Waals surface area contributed by atoms with E-state index in [0.717, 1.165) is 4.47 Å². The number of carbonyl (C=O) groups is 2. The fraction of sp³-hybridized carbons (Fsp3) is 0.222. The van der Waals surface area contributed by atoms with Gasteiger partial charge in [0.1, 0.15) is 5.82 Å². The van der Waals surface area contributed by atoms with Crippen molar-refractivity contribution in [1.29, 1.82) is 0 Å². The maximum Gasteiger partial charge on any atom is 0.251 e. The number of nitrogens with zero attached hydrogens (tertiary/aromatic N) is 1. The van der Waals surface area contributed by atoms with Crippen LogP contribution in [0.3, 0.4) is 0 Å². The minimum atomic E-state index is -0.330. The second-order valence-corrected chi connectivity index (χ2v) is 6.69. The molecular weight excluding hydrogens is 375 g/mol. The van der Waals surface area contributed by atoms with Gasteiger partial charge in [-0.3, -0.25) is 9.59 Å². The standard InChI is InChI=1S/C18H16BrFN2O2/c19-14-3-1-2-13(9-14)18(24)21-10-12-8-17(23)22(11-12)16-6-4-15(20)5-7-16/h1-7,9,12H,8,10-11H2,(H,21,24). The SMILES string of the molecule is O=C(NCC1CC(=O)N(c2ccc(F)cc2)C1)c1cccc(Br)c1. The van der Waals surface area contributed by atoms with Crippen LogP contribution in [0, 0.1) is 11.7 Å². The third-order valence-corrected chi connectivity index (χ3v) is 4.47. The molecule has 0 bridgehead atoms. The predicted molar refractivity (Wildman–Crippen MR) is 93.3 cm³/mol. The number of anilines is 1. The molecule has 1 heterocycles. The van der Waals surface area contributed by atoms with E-state index in [2.05, 4.69) is 21.2 Å². The smallest absolute Gasteiger partial charge is 0.251 e. The number of hydrogen-bond donors (Lipinski definition) is 1. The van der Waals surface area contributed by atoms with E-state index in [4.69, 9.17) is 0 Å². The average Bonchev–Trinajstić information content (AvgIpc) is 2.94. The summed E-state index contributed by atoms with van der Waals surface area (Å²) < 4.78 is 13.8. The summed E-state index contributed by atoms with van der Waals surface area (Å²) in [6.07, 6.45) is 0.371. The van der Waals surface area contributed by atoms with Crippen molar-refractivity contribution in [2.75, 3.05) is 18.0 Å². The predicted octanol–water partition coefficient (Wildman–Crippen LogP) is 3.37. The van der Waals surface area contributed by atoms with Gasteiger partial charge in [-0.2, -0.15) is 0 Å². The highest BCUT2D eigenvalue weighted by molar-refractivity contribution is 9.10. The van der Waals surface area contributed by atoms with E-state index in [1.54, 1.807) is 35.2 Å². The topological polar surface area (TPSA) is 49.4 Å². The first kappa shape index (κ1) is 16.6. The molecule has 3 rings (SSSR count). The zero-order valence-electron chi connectivity index (χ0n) is 12.8. The summed E-state index contributed by atoms with van der Waals surface area (Å²) in [5.74, 6) is -0.464. The Morgan fingerprint density at radius 2 is 2.00 bits per heavy atom. The molecule has 2 amide bonds. The van der Waals surface area contributed by atoms with Crippen LogP contribution in [0.2, 0.25) is 0 Å². The lowest BCUT2D eigenvalue weighted by Crippen LogP contribution is -2.31. The number of rotatable bonds is 4. The Bertz CT molecular complexity index is 764. The fourth-order valence-electron chi connectivity index (χ4n) is 2.76. The highest BCUT2D eigenvalue weighted by atomic mass is 79.9. The molecule has 1 saturated heterocycles. The van der Waals surface area contributed by atoms with Crippen molar-refractivity contribution >= 4 is 33.4 Å². The molecule has 124 valence electrons. The molecule has 1 fully saturated rings. The number of amides is 2. The monoisotopic (exact) mass is 390 g/mol. The van der Waals surface area contributed by atoms with Gasteiger partial charge in [-0.05, 0) is 42.5 Å². The molecule has 1 atom stereocenters. The van der Waals surface area contributed by atoms with Gasteiger partial charge < -0.3 is 10.2 Å². The molecular formula is C18H16BrFN2O2. The van der Waals surface area contributed by atoms with Crippen molar-refractivity contribution in [3.63, 3.8) is 0 Å². The number of halogens is 2. The lowest BCUT2D eigenvalue weighted by atomic mass is 10.1. The van der Waals surface area contributed by atoms with Crippen LogP contribution in [-0.2, 0) is 4.79 Å². The quantitative estimate of drug-likeness (QED) is 0.869. The van der Waals surface area contributed by atoms with Gasteiger partial charge >= 0.3 is 0 Å². The molecule has 2 aromatic carbocycles. The van der Waals surface area contributed by atoms with Crippen LogP contribution in [0.4, 0.5) is 10.1 Å². The van der Waals surface area contributed by atoms with Gasteiger partial charge in [0.2, 0.25) is 5.91 Å². The number of carbonyl (C=O) groups excluding carboxylic acids is 2. The van der Waals surface area contributed by atoms with Crippen molar-refractivity contribution < 1.29 is 14.0 Å². The van der Waals surface area contributed by atoms with Gasteiger partial charge in [0.15, 0.2) is 0 Å². The molecule has 2 aromatic rings. The van der Waals surface area contributed by atoms with Crippen LogP contribution in [0.25, 0.3) is 0 Å². The molecule has 0 aromatic heterocycles. The van der Waals surface area contributed by atoms with Crippen LogP contribution < -0.4 is 10.2 Å². The summed E-state index contributed by atoms with van der Waals surface area (Å²) in [5.41, 5.74) is 1.26. The van der Waals surface area contributed by atoms with E-state index in [1.165, 1.54) is 12.1 Å². The summed E-state index contributed by atoms with van der Waals surface area (Å²) in [6.45, 7) is 0.942. The van der Waals surface area contributed by atoms with E-state index >= 15 is 0 Å². The van der Waals surface area contributed by atoms with Crippen LogP contribution in [0.5, 0.6) is 0 Å². The van der Waals surface area contributed by atoms with Gasteiger partial charge in [0.05, 0.1) is 0 Å². The van der Waals surface area contributed by atoms with Crippen molar-refractivity contribution in [2.45, 2.75) is 6.42 Å². The largest absolute Gasteiger partial charge is 0.352 e. The van der Waals surface area contributed by atoms with Crippen LogP contribution >= 0.6 is 15.9 Å². The number of hydrogen-bond acceptors (Lipinski definition) is 2. The first-order valence-corrected chi connectivity index (χ1v) is 8.42. The average molecular weight is 391 g/mol. The summed E-state index contributed by atoms with van der Waals surface area (Å²) in [6, 6.07) is 13.0. The number of nitrogens with one attached hydrogen (secondary N) is 1. The molecule has 1 unspecified atom stereocenters. The fourth-order valence-corrected chi connectivity index (χ4v) is 3.16. The Hall–Kier alpha value is -2.21. The maximum absolute atomic E-state index is 13.0. The normalized spacial score (nSPS) is 17.2. The first-order valence-electron chi connectivity index (χ1n) is 7.62. The zero-order chi connectivity index (χ0) is 17.1. The van der Waals surface area contributed by atoms with E-state index in [0.29, 0.717) is 30.8 Å². The van der Waals surface area contributed by atoms with Crippen LogP contribution in [0.1, 0.15) is 16.8 Å². The van der Waals surface area contributed by atoms with E-state index in [9.17, 15) is 14.0 Å². The van der Waals surface area contributed by atoms with E-state index < -0.39 is 0 Å². The van der Waals surface area contributed by atoms with Crippen LogP contribution in [0.15, 0.2) is 53.0 Å². The van der Waals surface area contributed by atoms with Crippen LogP contribution in [-0.4, -0.2) is 24.9 Å². The van der Waals surface area contributed by atoms with Crippen molar-refractivity contribution in [3.05, 3.63) is 64.4 Å². The Morgan fingerprint density at radius 3 is 2.71 bits per heavy atom. The first-order chi connectivity index (χ1) is 11.5. The molecule has 0 saturated carbocycles. The highest BCUT2D eigenvalue weighted by Gasteiger charge is 2.30. The molecule has 0 radical (unpaired) electrons. The molecule has 0 aliphatic carbocycles. The molecule has 1 aliphatic heterocycles. The lowest BCUT2D eigenvalue weighted by molar-refractivity contribution is -0.117. The molecule has 0 spiro atoms. The summed E-state index contributed by atoms with van der Waals surface area (Å²) in [7, 11) is 0. The zero-order valence-corrected chi connectivity index (χ0v) is 14.4. The summed E-state index contributed by atoms with van der Waals surface area (Å²) in [5, 5.41) is 2.87. The highest BCUT2D eigenvalue weighted by Crippen LogP contribution is 2.25. The minimum Gasteiger partial charge on any atom is -0.352 e. The molecule has 6 heteroatoms. The van der Waals surface area contributed by atoms with Gasteiger partial charge in [0, 0.05) is 41.2 Å². The summed E-state index contributed by atoms with van der Waals surface area (Å²) >= 11 is 3.34. The molecule has 4 nitrogen and oxygen atoms in total. The Balaban J connectivity index is 1.58. The third-order valence-electron chi connectivity index (χ3n) is 3.98. The van der Waals surface area contributed by atoms with Crippen molar-refractivity contribution in [2.24, 2.45) is 5.92 Å². The second-order valence-electron chi connectivity index (χ2n) is 5.77. The summed E-state index contributed by atoms with van der Waals surface area (Å²) in [4.78, 5) is 25.9. The van der Waals surface area contributed by atoms with E-state index in [-0.39, 0.29) is 23.5 Å². The molecule has 1 N–H and O–H groups in total. The maximum atomic E-state index is 13.0.